The molecule has 2 bridgehead atoms. The number of rotatable bonds is 0. The third kappa shape index (κ3) is 1.43. The SMILES string of the molecule is CC1=CC[C@H]2C[C@@H]1[C@@H](C)NC2(C)C. The molecule has 1 nitrogen and oxygen atoms in total. The maximum Gasteiger partial charge on any atom is 0.0159 e. The van der Waals surface area contributed by atoms with Crippen molar-refractivity contribution in [2.75, 3.05) is 0 Å². The number of hydrogen-bond acceptors (Lipinski definition) is 1. The monoisotopic (exact) mass is 179 g/mol. The fourth-order valence-corrected chi connectivity index (χ4v) is 3.06. The van der Waals surface area contributed by atoms with E-state index in [1.54, 1.807) is 5.57 Å². The normalized spacial score (nSPS) is 42.8. The lowest BCUT2D eigenvalue weighted by Gasteiger charge is -2.49. The summed E-state index contributed by atoms with van der Waals surface area (Å²) in [6, 6.07) is 0.655. The molecular formula is C12H21N. The quantitative estimate of drug-likeness (QED) is 0.564. The van der Waals surface area contributed by atoms with Gasteiger partial charge >= 0.3 is 0 Å². The summed E-state index contributed by atoms with van der Waals surface area (Å²) in [6.07, 6.45) is 5.12. The molecule has 13 heavy (non-hydrogen) atoms. The minimum absolute atomic E-state index is 0.340. The second-order valence-electron chi connectivity index (χ2n) is 5.38. The predicted octanol–water partition coefficient (Wildman–Crippen LogP) is 2.73. The van der Waals surface area contributed by atoms with Crippen molar-refractivity contribution < 1.29 is 0 Å². The Morgan fingerprint density at radius 1 is 1.46 bits per heavy atom. The van der Waals surface area contributed by atoms with Crippen molar-refractivity contribution in [3.05, 3.63) is 11.6 Å². The Morgan fingerprint density at radius 2 is 2.15 bits per heavy atom. The molecule has 1 fully saturated rings. The third-order valence-corrected chi connectivity index (χ3v) is 4.07. The van der Waals surface area contributed by atoms with Crippen LogP contribution in [-0.2, 0) is 0 Å². The number of allylic oxidation sites excluding steroid dienone is 1. The topological polar surface area (TPSA) is 12.0 Å². The number of hydrogen-bond donors (Lipinski definition) is 1. The van der Waals surface area contributed by atoms with Gasteiger partial charge in [0.25, 0.3) is 0 Å². The fraction of sp³-hybridized carbons (Fsp3) is 0.833. The van der Waals surface area contributed by atoms with E-state index in [9.17, 15) is 0 Å². The largest absolute Gasteiger partial charge is 0.308 e. The minimum atomic E-state index is 0.340. The first-order chi connectivity index (χ1) is 6.00. The number of nitrogens with one attached hydrogen (secondary N) is 1. The van der Waals surface area contributed by atoms with Crippen LogP contribution in [0, 0.1) is 11.8 Å². The molecular weight excluding hydrogens is 158 g/mol. The lowest BCUT2D eigenvalue weighted by Crippen LogP contribution is -2.58. The maximum atomic E-state index is 3.75. The molecule has 1 aliphatic carbocycles. The molecule has 3 atom stereocenters. The molecule has 1 aliphatic heterocycles. The zero-order chi connectivity index (χ0) is 9.64. The van der Waals surface area contributed by atoms with Crippen molar-refractivity contribution >= 4 is 0 Å². The van der Waals surface area contributed by atoms with Gasteiger partial charge < -0.3 is 5.32 Å². The molecule has 1 heterocycles. The third-order valence-electron chi connectivity index (χ3n) is 4.07. The van der Waals surface area contributed by atoms with Gasteiger partial charge in [0, 0.05) is 11.6 Å². The Labute approximate surface area is 81.6 Å². The van der Waals surface area contributed by atoms with Gasteiger partial charge in [-0.1, -0.05) is 11.6 Å². The van der Waals surface area contributed by atoms with Crippen LogP contribution in [0.5, 0.6) is 0 Å². The standard InChI is InChI=1S/C12H21N/c1-8-5-6-10-7-11(8)9(2)13-12(10,3)4/h5,9-11,13H,6-7H2,1-4H3/t9-,10+,11+/m1/s1. The van der Waals surface area contributed by atoms with E-state index in [1.165, 1.54) is 12.8 Å². The van der Waals surface area contributed by atoms with Crippen molar-refractivity contribution in [1.29, 1.82) is 0 Å². The summed E-state index contributed by atoms with van der Waals surface area (Å²) in [5.41, 5.74) is 1.94. The number of piperidine rings is 1. The van der Waals surface area contributed by atoms with E-state index in [2.05, 4.69) is 39.1 Å². The molecule has 2 aliphatic rings. The van der Waals surface area contributed by atoms with Crippen LogP contribution in [0.15, 0.2) is 11.6 Å². The smallest absolute Gasteiger partial charge is 0.0159 e. The van der Waals surface area contributed by atoms with Crippen LogP contribution in [0.1, 0.15) is 40.5 Å². The highest BCUT2D eigenvalue weighted by atomic mass is 15.0. The molecule has 1 heteroatoms. The summed E-state index contributed by atoms with van der Waals surface area (Å²) in [7, 11) is 0. The highest BCUT2D eigenvalue weighted by Gasteiger charge is 2.41. The van der Waals surface area contributed by atoms with Crippen LogP contribution >= 0.6 is 0 Å². The van der Waals surface area contributed by atoms with Crippen LogP contribution in [-0.4, -0.2) is 11.6 Å². The highest BCUT2D eigenvalue weighted by molar-refractivity contribution is 5.16. The summed E-state index contributed by atoms with van der Waals surface area (Å²) in [5.74, 6) is 1.64. The highest BCUT2D eigenvalue weighted by Crippen LogP contribution is 2.41. The van der Waals surface area contributed by atoms with Gasteiger partial charge in [-0.05, 0) is 52.4 Å². The Kier molecular flexibility index (Phi) is 2.03. The molecule has 0 aromatic rings. The second kappa shape index (κ2) is 2.84. The first kappa shape index (κ1) is 9.26. The maximum absolute atomic E-state index is 3.75. The molecule has 74 valence electrons. The van der Waals surface area contributed by atoms with Gasteiger partial charge in [0.05, 0.1) is 0 Å². The van der Waals surface area contributed by atoms with Crippen LogP contribution in [0.4, 0.5) is 0 Å². The van der Waals surface area contributed by atoms with Gasteiger partial charge in [-0.25, -0.2) is 0 Å². The van der Waals surface area contributed by atoms with Crippen LogP contribution in [0.3, 0.4) is 0 Å². The average molecular weight is 179 g/mol. The van der Waals surface area contributed by atoms with E-state index >= 15 is 0 Å². The van der Waals surface area contributed by atoms with E-state index in [-0.39, 0.29) is 0 Å². The summed E-state index contributed by atoms with van der Waals surface area (Å²) < 4.78 is 0. The van der Waals surface area contributed by atoms with E-state index in [1.807, 2.05) is 0 Å². The number of fused-ring (bicyclic) bond motifs is 2. The lowest BCUT2D eigenvalue weighted by atomic mass is 9.67. The predicted molar refractivity (Wildman–Crippen MR) is 56.6 cm³/mol. The Bertz CT molecular complexity index is 240. The molecule has 0 saturated carbocycles. The summed E-state index contributed by atoms with van der Waals surface area (Å²) in [4.78, 5) is 0. The van der Waals surface area contributed by atoms with Gasteiger partial charge in [-0.3, -0.25) is 0 Å². The van der Waals surface area contributed by atoms with Gasteiger partial charge in [0.1, 0.15) is 0 Å². The zero-order valence-electron chi connectivity index (χ0n) is 9.22. The van der Waals surface area contributed by atoms with Crippen LogP contribution < -0.4 is 5.32 Å². The molecule has 1 saturated heterocycles. The summed E-state index contributed by atoms with van der Waals surface area (Å²) in [5, 5.41) is 3.75. The molecule has 0 amide bonds. The molecule has 0 spiro atoms. The Hall–Kier alpha value is -0.300. The molecule has 0 unspecified atom stereocenters. The van der Waals surface area contributed by atoms with Crippen LogP contribution in [0.2, 0.25) is 0 Å². The fourth-order valence-electron chi connectivity index (χ4n) is 3.06. The molecule has 0 aromatic carbocycles. The van der Waals surface area contributed by atoms with Crippen molar-refractivity contribution in [1.82, 2.24) is 5.32 Å². The minimum Gasteiger partial charge on any atom is -0.308 e. The first-order valence-electron chi connectivity index (χ1n) is 5.45. The second-order valence-corrected chi connectivity index (χ2v) is 5.38. The Balaban J connectivity index is 2.27. The van der Waals surface area contributed by atoms with Gasteiger partial charge in [0.15, 0.2) is 0 Å². The first-order valence-corrected chi connectivity index (χ1v) is 5.45. The van der Waals surface area contributed by atoms with Gasteiger partial charge in [0.2, 0.25) is 0 Å². The lowest BCUT2D eigenvalue weighted by molar-refractivity contribution is 0.117. The van der Waals surface area contributed by atoms with Gasteiger partial charge in [-0.15, -0.1) is 0 Å². The molecule has 0 aromatic heterocycles. The van der Waals surface area contributed by atoms with Crippen LogP contribution in [0.25, 0.3) is 0 Å². The summed E-state index contributed by atoms with van der Waals surface area (Å²) in [6.45, 7) is 9.31. The summed E-state index contributed by atoms with van der Waals surface area (Å²) >= 11 is 0. The zero-order valence-corrected chi connectivity index (χ0v) is 9.22. The molecule has 0 radical (unpaired) electrons. The van der Waals surface area contributed by atoms with E-state index in [0.717, 1.165) is 11.8 Å². The van der Waals surface area contributed by atoms with Crippen molar-refractivity contribution in [3.63, 3.8) is 0 Å². The van der Waals surface area contributed by atoms with E-state index in [0.29, 0.717) is 11.6 Å². The average Bonchev–Trinajstić information content (AvgIpc) is 2.02. The molecule has 1 N–H and O–H groups in total. The van der Waals surface area contributed by atoms with Crippen molar-refractivity contribution in [2.24, 2.45) is 11.8 Å². The van der Waals surface area contributed by atoms with Gasteiger partial charge in [-0.2, -0.15) is 0 Å². The van der Waals surface area contributed by atoms with E-state index < -0.39 is 0 Å². The molecule has 2 rings (SSSR count). The van der Waals surface area contributed by atoms with E-state index in [4.69, 9.17) is 0 Å². The van der Waals surface area contributed by atoms with Crippen molar-refractivity contribution in [2.45, 2.75) is 52.1 Å². The van der Waals surface area contributed by atoms with Crippen molar-refractivity contribution in [3.8, 4) is 0 Å². The Morgan fingerprint density at radius 3 is 2.85 bits per heavy atom.